The van der Waals surface area contributed by atoms with Crippen LogP contribution in [-0.2, 0) is 19.9 Å². The lowest BCUT2D eigenvalue weighted by atomic mass is 9.83. The maximum atomic E-state index is 11.5. The summed E-state index contributed by atoms with van der Waals surface area (Å²) >= 11 is 0. The van der Waals surface area contributed by atoms with Crippen LogP contribution in [0.4, 0.5) is 0 Å². The molecule has 0 saturated carbocycles. The van der Waals surface area contributed by atoms with Crippen LogP contribution in [-0.4, -0.2) is 41.3 Å². The van der Waals surface area contributed by atoms with E-state index in [1.807, 2.05) is 13.8 Å². The van der Waals surface area contributed by atoms with Crippen LogP contribution in [0.5, 0.6) is 0 Å². The van der Waals surface area contributed by atoms with Gasteiger partial charge in [-0.25, -0.2) is 21.6 Å². The lowest BCUT2D eigenvalue weighted by Crippen LogP contribution is -2.43. The van der Waals surface area contributed by atoms with E-state index in [4.69, 9.17) is 5.73 Å². The molecule has 0 aliphatic carbocycles. The van der Waals surface area contributed by atoms with E-state index in [-0.39, 0.29) is 12.0 Å². The quantitative estimate of drug-likeness (QED) is 0.635. The molecule has 6 nitrogen and oxygen atoms in total. The maximum absolute atomic E-state index is 11.5. The van der Waals surface area contributed by atoms with E-state index in [2.05, 4.69) is 4.72 Å². The Kier molecular flexibility index (Phi) is 6.06. The second-order valence-electron chi connectivity index (χ2n) is 4.39. The second-order valence-corrected chi connectivity index (χ2v) is 8.70. The van der Waals surface area contributed by atoms with E-state index in [0.717, 1.165) is 19.1 Å². The Morgan fingerprint density at radius 2 is 1.59 bits per heavy atom. The highest BCUT2D eigenvalue weighted by Gasteiger charge is 2.27. The molecular formula is C9H22N2O4S2. The van der Waals surface area contributed by atoms with E-state index >= 15 is 0 Å². The van der Waals surface area contributed by atoms with Gasteiger partial charge in [0.15, 0.2) is 14.9 Å². The van der Waals surface area contributed by atoms with Crippen molar-refractivity contribution in [2.45, 2.75) is 26.7 Å². The summed E-state index contributed by atoms with van der Waals surface area (Å²) in [6.45, 7) is 4.40. The van der Waals surface area contributed by atoms with Crippen LogP contribution in [0, 0.1) is 5.41 Å². The van der Waals surface area contributed by atoms with Crippen molar-refractivity contribution in [2.24, 2.45) is 11.1 Å². The minimum atomic E-state index is -3.80. The largest absolute Gasteiger partial charge is 0.330 e. The van der Waals surface area contributed by atoms with Gasteiger partial charge in [0.1, 0.15) is 0 Å². The third-order valence-electron chi connectivity index (χ3n) is 2.97. The molecule has 0 aromatic rings. The standard InChI is InChI=1S/C9H22N2O4S2/c1-4-9(5-2,6-10)7-11-17(14,15)8-16(3,12)13/h11H,4-8,10H2,1-3H3. The summed E-state index contributed by atoms with van der Waals surface area (Å²) in [4.78, 5) is 0. The molecule has 0 radical (unpaired) electrons. The molecule has 0 aromatic heterocycles. The van der Waals surface area contributed by atoms with E-state index in [9.17, 15) is 16.8 Å². The fraction of sp³-hybridized carbons (Fsp3) is 1.00. The van der Waals surface area contributed by atoms with Gasteiger partial charge in [0.2, 0.25) is 10.0 Å². The first-order chi connectivity index (χ1) is 7.60. The number of rotatable bonds is 8. The van der Waals surface area contributed by atoms with Gasteiger partial charge < -0.3 is 5.73 Å². The minimum Gasteiger partial charge on any atom is -0.330 e. The maximum Gasteiger partial charge on any atom is 0.226 e. The average molecular weight is 286 g/mol. The summed E-state index contributed by atoms with van der Waals surface area (Å²) in [5.74, 6) is 0. The van der Waals surface area contributed by atoms with Crippen molar-refractivity contribution in [2.75, 3.05) is 24.4 Å². The van der Waals surface area contributed by atoms with Crippen LogP contribution in [0.2, 0.25) is 0 Å². The smallest absolute Gasteiger partial charge is 0.226 e. The molecule has 17 heavy (non-hydrogen) atoms. The Labute approximate surface area is 104 Å². The Morgan fingerprint density at radius 3 is 1.88 bits per heavy atom. The number of sulfone groups is 1. The third kappa shape index (κ3) is 6.35. The van der Waals surface area contributed by atoms with E-state index in [1.54, 1.807) is 0 Å². The summed E-state index contributed by atoms with van der Waals surface area (Å²) in [6, 6.07) is 0. The normalized spacial score (nSPS) is 13.9. The molecule has 3 N–H and O–H groups in total. The zero-order valence-corrected chi connectivity index (χ0v) is 12.2. The first-order valence-corrected chi connectivity index (χ1v) is 9.16. The number of sulfonamides is 1. The summed E-state index contributed by atoms with van der Waals surface area (Å²) in [7, 11) is -7.35. The van der Waals surface area contributed by atoms with E-state index in [1.165, 1.54) is 0 Å². The lowest BCUT2D eigenvalue weighted by molar-refractivity contribution is 0.275. The SMILES string of the molecule is CCC(CC)(CN)CNS(=O)(=O)CS(C)(=O)=O. The molecule has 0 amide bonds. The van der Waals surface area contributed by atoms with Gasteiger partial charge in [0.05, 0.1) is 0 Å². The molecule has 0 fully saturated rings. The highest BCUT2D eigenvalue weighted by atomic mass is 32.3. The monoisotopic (exact) mass is 286 g/mol. The first-order valence-electron chi connectivity index (χ1n) is 5.45. The van der Waals surface area contributed by atoms with Crippen LogP contribution in [0.1, 0.15) is 26.7 Å². The predicted molar refractivity (Wildman–Crippen MR) is 68.7 cm³/mol. The fourth-order valence-corrected chi connectivity index (χ4v) is 4.56. The molecule has 0 heterocycles. The van der Waals surface area contributed by atoms with E-state index < -0.39 is 24.9 Å². The Balaban J connectivity index is 4.66. The Hall–Kier alpha value is -0.180. The summed E-state index contributed by atoms with van der Waals surface area (Å²) < 4.78 is 47.2. The summed E-state index contributed by atoms with van der Waals surface area (Å²) in [6.07, 6.45) is 2.37. The van der Waals surface area contributed by atoms with Crippen LogP contribution in [0.25, 0.3) is 0 Å². The molecular weight excluding hydrogens is 264 g/mol. The molecule has 0 aliphatic rings. The van der Waals surface area contributed by atoms with Crippen LogP contribution in [0.15, 0.2) is 0 Å². The molecule has 0 atom stereocenters. The molecule has 104 valence electrons. The highest BCUT2D eigenvalue weighted by Crippen LogP contribution is 2.23. The topological polar surface area (TPSA) is 106 Å². The number of hydrogen-bond donors (Lipinski definition) is 2. The van der Waals surface area contributed by atoms with Crippen molar-refractivity contribution in [3.63, 3.8) is 0 Å². The van der Waals surface area contributed by atoms with Crippen molar-refractivity contribution in [3.8, 4) is 0 Å². The second kappa shape index (κ2) is 6.12. The van der Waals surface area contributed by atoms with Gasteiger partial charge in [-0.05, 0) is 24.8 Å². The minimum absolute atomic E-state index is 0.175. The van der Waals surface area contributed by atoms with Crippen molar-refractivity contribution in [1.29, 1.82) is 0 Å². The van der Waals surface area contributed by atoms with Gasteiger partial charge in [-0.1, -0.05) is 13.8 Å². The van der Waals surface area contributed by atoms with Crippen molar-refractivity contribution in [1.82, 2.24) is 4.72 Å². The molecule has 0 unspecified atom stereocenters. The fourth-order valence-electron chi connectivity index (χ4n) is 1.45. The molecule has 8 heteroatoms. The lowest BCUT2D eigenvalue weighted by Gasteiger charge is -2.30. The van der Waals surface area contributed by atoms with Crippen molar-refractivity contribution >= 4 is 19.9 Å². The van der Waals surface area contributed by atoms with Crippen LogP contribution >= 0.6 is 0 Å². The molecule has 0 saturated heterocycles. The first kappa shape index (κ1) is 16.8. The zero-order chi connectivity index (χ0) is 13.7. The van der Waals surface area contributed by atoms with Crippen molar-refractivity contribution < 1.29 is 16.8 Å². The summed E-state index contributed by atoms with van der Waals surface area (Å²) in [5, 5.41) is -0.881. The van der Waals surface area contributed by atoms with Gasteiger partial charge >= 0.3 is 0 Å². The van der Waals surface area contributed by atoms with Gasteiger partial charge in [0.25, 0.3) is 0 Å². The highest BCUT2D eigenvalue weighted by molar-refractivity contribution is 8.06. The van der Waals surface area contributed by atoms with Gasteiger partial charge in [-0.2, -0.15) is 0 Å². The van der Waals surface area contributed by atoms with Gasteiger partial charge in [0, 0.05) is 12.8 Å². The third-order valence-corrected chi connectivity index (χ3v) is 6.51. The molecule has 0 aliphatic heterocycles. The zero-order valence-electron chi connectivity index (χ0n) is 10.6. The van der Waals surface area contributed by atoms with Gasteiger partial charge in [-0.15, -0.1) is 0 Å². The van der Waals surface area contributed by atoms with Crippen LogP contribution < -0.4 is 10.5 Å². The Bertz CT molecular complexity index is 416. The molecule has 0 rings (SSSR count). The number of nitrogens with two attached hydrogens (primary N) is 1. The molecule has 0 bridgehead atoms. The molecule has 0 spiro atoms. The van der Waals surface area contributed by atoms with Crippen molar-refractivity contribution in [3.05, 3.63) is 0 Å². The van der Waals surface area contributed by atoms with Crippen LogP contribution in [0.3, 0.4) is 0 Å². The molecule has 0 aromatic carbocycles. The Morgan fingerprint density at radius 1 is 1.12 bits per heavy atom. The number of nitrogens with one attached hydrogen (secondary N) is 1. The summed E-state index contributed by atoms with van der Waals surface area (Å²) in [5.41, 5.74) is 5.33. The number of hydrogen-bond acceptors (Lipinski definition) is 5. The van der Waals surface area contributed by atoms with Gasteiger partial charge in [-0.3, -0.25) is 0 Å². The average Bonchev–Trinajstić information content (AvgIpc) is 2.17. The predicted octanol–water partition coefficient (Wildman–Crippen LogP) is -0.327. The van der Waals surface area contributed by atoms with E-state index in [0.29, 0.717) is 6.54 Å².